The Labute approximate surface area is 192 Å². The normalized spacial score (nSPS) is 10.5. The molecule has 0 unspecified atom stereocenters. The molecule has 10 heteroatoms. The maximum Gasteiger partial charge on any atom is 0.276 e. The van der Waals surface area contributed by atoms with Crippen LogP contribution in [0, 0.1) is 0 Å². The lowest BCUT2D eigenvalue weighted by atomic mass is 10.3. The summed E-state index contributed by atoms with van der Waals surface area (Å²) >= 11 is 12.4. The summed E-state index contributed by atoms with van der Waals surface area (Å²) in [5.74, 6) is 0.173. The summed E-state index contributed by atoms with van der Waals surface area (Å²) in [4.78, 5) is 36.9. The van der Waals surface area contributed by atoms with Crippen LogP contribution in [0.3, 0.4) is 0 Å². The molecule has 1 aromatic carbocycles. The zero-order valence-electron chi connectivity index (χ0n) is 18.1. The summed E-state index contributed by atoms with van der Waals surface area (Å²) in [5, 5.41) is 3.14. The second-order valence-corrected chi connectivity index (χ2v) is 7.31. The number of anilines is 2. The molecule has 0 spiro atoms. The Morgan fingerprint density at radius 3 is 2.29 bits per heavy atom. The number of nitrogens with one attached hydrogen (secondary N) is 1. The van der Waals surface area contributed by atoms with Crippen LogP contribution in [-0.2, 0) is 4.79 Å². The Morgan fingerprint density at radius 2 is 1.71 bits per heavy atom. The van der Waals surface area contributed by atoms with Crippen LogP contribution in [0.1, 0.15) is 38.2 Å². The van der Waals surface area contributed by atoms with E-state index in [0.29, 0.717) is 43.6 Å². The largest absolute Gasteiger partial charge is 0.482 e. The van der Waals surface area contributed by atoms with Crippen molar-refractivity contribution in [1.82, 2.24) is 14.9 Å². The van der Waals surface area contributed by atoms with Gasteiger partial charge in [0.25, 0.3) is 11.8 Å². The first-order valence-electron chi connectivity index (χ1n) is 10.1. The van der Waals surface area contributed by atoms with Gasteiger partial charge in [-0.05, 0) is 45.9 Å². The third-order valence-electron chi connectivity index (χ3n) is 4.65. The lowest BCUT2D eigenvalue weighted by Gasteiger charge is -2.19. The number of halogens is 2. The van der Waals surface area contributed by atoms with Crippen LogP contribution in [0.15, 0.2) is 24.4 Å². The van der Waals surface area contributed by atoms with Crippen molar-refractivity contribution in [3.63, 3.8) is 0 Å². The Hall–Kier alpha value is -2.58. The maximum atomic E-state index is 12.7. The zero-order valence-corrected chi connectivity index (χ0v) is 19.6. The number of benzene rings is 1. The standard InChI is InChI=1S/C21H27Cl2N5O3/c1-5-27(6-2)18(29)13-31-17-10-9-14(11-15(17)22)25-20(30)19-16(23)12-24-21(26-19)28(7-3)8-4/h9-12H,5-8,13H2,1-4H3,(H,25,30). The van der Waals surface area contributed by atoms with E-state index in [-0.39, 0.29) is 28.3 Å². The van der Waals surface area contributed by atoms with Gasteiger partial charge in [-0.15, -0.1) is 0 Å². The lowest BCUT2D eigenvalue weighted by molar-refractivity contribution is -0.132. The van der Waals surface area contributed by atoms with Crippen LogP contribution in [0.5, 0.6) is 5.75 Å². The summed E-state index contributed by atoms with van der Waals surface area (Å²) < 4.78 is 5.53. The highest BCUT2D eigenvalue weighted by Gasteiger charge is 2.17. The third kappa shape index (κ3) is 6.45. The molecule has 0 bridgehead atoms. The molecule has 168 valence electrons. The second-order valence-electron chi connectivity index (χ2n) is 6.49. The molecule has 0 atom stereocenters. The van der Waals surface area contributed by atoms with Gasteiger partial charge in [-0.25, -0.2) is 9.97 Å². The number of carbonyl (C=O) groups is 2. The fraction of sp³-hybridized carbons (Fsp3) is 0.429. The number of carbonyl (C=O) groups excluding carboxylic acids is 2. The SMILES string of the molecule is CCN(CC)C(=O)COc1ccc(NC(=O)c2nc(N(CC)CC)ncc2Cl)cc1Cl. The summed E-state index contributed by atoms with van der Waals surface area (Å²) in [6.07, 6.45) is 1.41. The molecular formula is C21H27Cl2N5O3. The van der Waals surface area contributed by atoms with Crippen LogP contribution in [-0.4, -0.2) is 59.5 Å². The van der Waals surface area contributed by atoms with Crippen molar-refractivity contribution in [1.29, 1.82) is 0 Å². The molecule has 31 heavy (non-hydrogen) atoms. The number of hydrogen-bond donors (Lipinski definition) is 1. The molecule has 2 amide bonds. The fourth-order valence-corrected chi connectivity index (χ4v) is 3.28. The average molecular weight is 468 g/mol. The molecule has 2 aromatic rings. The van der Waals surface area contributed by atoms with Crippen LogP contribution >= 0.6 is 23.2 Å². The quantitative estimate of drug-likeness (QED) is 0.564. The lowest BCUT2D eigenvalue weighted by Crippen LogP contribution is -2.34. The molecule has 0 aliphatic rings. The number of likely N-dealkylation sites (N-methyl/N-ethyl adjacent to an activating group) is 1. The molecule has 0 aliphatic carbocycles. The molecule has 0 aliphatic heterocycles. The van der Waals surface area contributed by atoms with E-state index in [9.17, 15) is 9.59 Å². The van der Waals surface area contributed by atoms with Gasteiger partial charge in [0.1, 0.15) is 5.75 Å². The number of hydrogen-bond acceptors (Lipinski definition) is 6. The molecule has 1 heterocycles. The minimum atomic E-state index is -0.484. The van der Waals surface area contributed by atoms with Gasteiger partial charge >= 0.3 is 0 Å². The van der Waals surface area contributed by atoms with E-state index in [1.54, 1.807) is 17.0 Å². The summed E-state index contributed by atoms with van der Waals surface area (Å²) in [6.45, 7) is 10.3. The predicted molar refractivity (Wildman–Crippen MR) is 123 cm³/mol. The monoisotopic (exact) mass is 467 g/mol. The van der Waals surface area contributed by atoms with Crippen LogP contribution in [0.2, 0.25) is 10.0 Å². The van der Waals surface area contributed by atoms with E-state index in [2.05, 4.69) is 15.3 Å². The van der Waals surface area contributed by atoms with E-state index in [0.717, 1.165) is 0 Å². The van der Waals surface area contributed by atoms with E-state index in [1.165, 1.54) is 12.3 Å². The van der Waals surface area contributed by atoms with Gasteiger partial charge in [0.2, 0.25) is 5.95 Å². The molecule has 0 fully saturated rings. The smallest absolute Gasteiger partial charge is 0.276 e. The first-order chi connectivity index (χ1) is 14.8. The van der Waals surface area contributed by atoms with Gasteiger partial charge < -0.3 is 19.9 Å². The average Bonchev–Trinajstić information content (AvgIpc) is 2.75. The molecule has 0 saturated carbocycles. The van der Waals surface area contributed by atoms with E-state index >= 15 is 0 Å². The third-order valence-corrected chi connectivity index (χ3v) is 5.22. The Morgan fingerprint density at radius 1 is 1.03 bits per heavy atom. The minimum Gasteiger partial charge on any atom is -0.482 e. The highest BCUT2D eigenvalue weighted by atomic mass is 35.5. The van der Waals surface area contributed by atoms with Crippen LogP contribution in [0.25, 0.3) is 0 Å². The number of amides is 2. The molecule has 0 saturated heterocycles. The number of ether oxygens (including phenoxy) is 1. The minimum absolute atomic E-state index is 0.0693. The van der Waals surface area contributed by atoms with Gasteiger partial charge in [0.15, 0.2) is 12.3 Å². The molecule has 1 aromatic heterocycles. The van der Waals surface area contributed by atoms with Crippen molar-refractivity contribution in [2.75, 3.05) is 43.0 Å². The highest BCUT2D eigenvalue weighted by molar-refractivity contribution is 6.34. The molecule has 1 N–H and O–H groups in total. The Bertz CT molecular complexity index is 918. The molecule has 2 rings (SSSR count). The van der Waals surface area contributed by atoms with E-state index < -0.39 is 5.91 Å². The van der Waals surface area contributed by atoms with Gasteiger partial charge in [-0.3, -0.25) is 9.59 Å². The van der Waals surface area contributed by atoms with Gasteiger partial charge in [-0.2, -0.15) is 0 Å². The van der Waals surface area contributed by atoms with Crippen molar-refractivity contribution in [2.24, 2.45) is 0 Å². The van der Waals surface area contributed by atoms with Crippen molar-refractivity contribution >= 4 is 46.7 Å². The first kappa shape index (κ1) is 24.7. The number of aromatic nitrogens is 2. The first-order valence-corrected chi connectivity index (χ1v) is 10.9. The van der Waals surface area contributed by atoms with Crippen molar-refractivity contribution in [3.05, 3.63) is 40.1 Å². The molecule has 0 radical (unpaired) electrons. The van der Waals surface area contributed by atoms with E-state index in [4.69, 9.17) is 27.9 Å². The Kier molecular flexibility index (Phi) is 9.33. The van der Waals surface area contributed by atoms with Gasteiger partial charge in [0, 0.05) is 31.9 Å². The maximum absolute atomic E-state index is 12.7. The van der Waals surface area contributed by atoms with E-state index in [1.807, 2.05) is 32.6 Å². The topological polar surface area (TPSA) is 87.7 Å². The van der Waals surface area contributed by atoms with Crippen molar-refractivity contribution in [3.8, 4) is 5.75 Å². The van der Waals surface area contributed by atoms with Gasteiger partial charge in [-0.1, -0.05) is 23.2 Å². The van der Waals surface area contributed by atoms with Crippen molar-refractivity contribution < 1.29 is 14.3 Å². The number of nitrogens with zero attached hydrogens (tertiary/aromatic N) is 4. The predicted octanol–water partition coefficient (Wildman–Crippen LogP) is 4.13. The fourth-order valence-electron chi connectivity index (χ4n) is 2.87. The molecular weight excluding hydrogens is 441 g/mol. The zero-order chi connectivity index (χ0) is 23.0. The van der Waals surface area contributed by atoms with Gasteiger partial charge in [0.05, 0.1) is 16.2 Å². The van der Waals surface area contributed by atoms with Crippen LogP contribution < -0.4 is 15.0 Å². The second kappa shape index (κ2) is 11.7. The molecule has 8 nitrogen and oxygen atoms in total. The number of rotatable bonds is 10. The van der Waals surface area contributed by atoms with Crippen LogP contribution in [0.4, 0.5) is 11.6 Å². The summed E-state index contributed by atoms with van der Waals surface area (Å²) in [5.41, 5.74) is 0.510. The van der Waals surface area contributed by atoms with Crippen molar-refractivity contribution in [2.45, 2.75) is 27.7 Å². The highest BCUT2D eigenvalue weighted by Crippen LogP contribution is 2.28. The Balaban J connectivity index is 2.10. The summed E-state index contributed by atoms with van der Waals surface area (Å²) in [7, 11) is 0. The summed E-state index contributed by atoms with van der Waals surface area (Å²) in [6, 6.07) is 4.76.